The number of hydrogen-bond donors (Lipinski definition) is 1. The molecule has 3 aromatic rings. The molecule has 156 valence electrons. The summed E-state index contributed by atoms with van der Waals surface area (Å²) in [6, 6.07) is 17.3. The van der Waals surface area contributed by atoms with E-state index in [9.17, 15) is 28.1 Å². The summed E-state index contributed by atoms with van der Waals surface area (Å²) in [7, 11) is -3.92. The van der Waals surface area contributed by atoms with Gasteiger partial charge in [-0.05, 0) is 42.0 Å². The lowest BCUT2D eigenvalue weighted by atomic mass is 10.1. The summed E-state index contributed by atoms with van der Waals surface area (Å²) < 4.78 is 27.5. The van der Waals surface area contributed by atoms with Crippen LogP contribution in [-0.2, 0) is 16.6 Å². The molecule has 9 nitrogen and oxygen atoms in total. The highest BCUT2D eigenvalue weighted by atomic mass is 32.2. The fourth-order valence-electron chi connectivity index (χ4n) is 3.20. The number of nitrogens with zero attached hydrogens (tertiary/aromatic N) is 2. The summed E-state index contributed by atoms with van der Waals surface area (Å²) in [4.78, 5) is 36.1. The van der Waals surface area contributed by atoms with Gasteiger partial charge in [-0.15, -0.1) is 0 Å². The molecule has 31 heavy (non-hydrogen) atoms. The Morgan fingerprint density at radius 1 is 0.839 bits per heavy atom. The summed E-state index contributed by atoms with van der Waals surface area (Å²) in [5.41, 5.74) is 1.31. The third-order valence-electron chi connectivity index (χ3n) is 4.78. The molecule has 1 aliphatic rings. The van der Waals surface area contributed by atoms with Crippen molar-refractivity contribution in [3.05, 3.63) is 99.6 Å². The van der Waals surface area contributed by atoms with Gasteiger partial charge >= 0.3 is 0 Å². The Kier molecular flexibility index (Phi) is 4.99. The first-order chi connectivity index (χ1) is 14.8. The van der Waals surface area contributed by atoms with Crippen LogP contribution >= 0.6 is 0 Å². The molecule has 0 radical (unpaired) electrons. The number of imide groups is 1. The fraction of sp³-hybridized carbons (Fsp3) is 0.0476. The van der Waals surface area contributed by atoms with E-state index in [1.54, 1.807) is 24.3 Å². The van der Waals surface area contributed by atoms with Crippen molar-refractivity contribution in [2.24, 2.45) is 0 Å². The zero-order chi connectivity index (χ0) is 22.2. The molecule has 0 bridgehead atoms. The molecule has 2 amide bonds. The van der Waals surface area contributed by atoms with Crippen molar-refractivity contribution < 1.29 is 22.9 Å². The van der Waals surface area contributed by atoms with Crippen molar-refractivity contribution >= 4 is 33.2 Å². The van der Waals surface area contributed by atoms with Gasteiger partial charge in [0.25, 0.3) is 27.5 Å². The van der Waals surface area contributed by atoms with Gasteiger partial charge in [-0.25, -0.2) is 8.42 Å². The van der Waals surface area contributed by atoms with Gasteiger partial charge in [0.15, 0.2) is 0 Å². The minimum Gasteiger partial charge on any atom is -0.280 e. The zero-order valence-corrected chi connectivity index (χ0v) is 16.7. The highest BCUT2D eigenvalue weighted by Gasteiger charge is 2.34. The maximum atomic E-state index is 12.6. The molecule has 0 unspecified atom stereocenters. The van der Waals surface area contributed by atoms with Crippen molar-refractivity contribution in [1.82, 2.24) is 4.90 Å². The number of amides is 2. The van der Waals surface area contributed by atoms with Crippen LogP contribution in [0.3, 0.4) is 0 Å². The summed E-state index contributed by atoms with van der Waals surface area (Å²) in [5.74, 6) is -0.783. The van der Waals surface area contributed by atoms with E-state index < -0.39 is 26.8 Å². The van der Waals surface area contributed by atoms with Gasteiger partial charge in [-0.3, -0.25) is 29.3 Å². The molecule has 10 heteroatoms. The molecular weight excluding hydrogens is 422 g/mol. The minimum atomic E-state index is -3.92. The number of nitro groups is 1. The number of anilines is 1. The first kappa shape index (κ1) is 20.2. The molecule has 0 saturated carbocycles. The van der Waals surface area contributed by atoms with Crippen molar-refractivity contribution in [2.45, 2.75) is 11.4 Å². The van der Waals surface area contributed by atoms with Crippen LogP contribution in [0.1, 0.15) is 26.3 Å². The van der Waals surface area contributed by atoms with E-state index in [1.165, 1.54) is 48.5 Å². The SMILES string of the molecule is O=C1c2ccccc2C(=O)N1Cc1ccc(S(=O)(=O)Nc2ccc([N+](=O)[O-])cc2)cc1. The molecule has 0 saturated heterocycles. The van der Waals surface area contributed by atoms with E-state index in [1.807, 2.05) is 0 Å². The van der Waals surface area contributed by atoms with Gasteiger partial charge < -0.3 is 0 Å². The van der Waals surface area contributed by atoms with Crippen molar-refractivity contribution in [2.75, 3.05) is 4.72 Å². The molecule has 1 heterocycles. The lowest BCUT2D eigenvalue weighted by molar-refractivity contribution is -0.384. The maximum Gasteiger partial charge on any atom is 0.269 e. The number of sulfonamides is 1. The fourth-order valence-corrected chi connectivity index (χ4v) is 4.26. The quantitative estimate of drug-likeness (QED) is 0.358. The van der Waals surface area contributed by atoms with Crippen LogP contribution in [-0.4, -0.2) is 30.1 Å². The van der Waals surface area contributed by atoms with Crippen molar-refractivity contribution in [3.63, 3.8) is 0 Å². The smallest absolute Gasteiger partial charge is 0.269 e. The second kappa shape index (κ2) is 7.65. The van der Waals surface area contributed by atoms with Crippen LogP contribution in [0.4, 0.5) is 11.4 Å². The Morgan fingerprint density at radius 3 is 1.90 bits per heavy atom. The maximum absolute atomic E-state index is 12.6. The topological polar surface area (TPSA) is 127 Å². The van der Waals surface area contributed by atoms with Crippen LogP contribution < -0.4 is 4.72 Å². The average Bonchev–Trinajstić information content (AvgIpc) is 2.99. The Balaban J connectivity index is 1.48. The van der Waals surface area contributed by atoms with E-state index >= 15 is 0 Å². The average molecular weight is 437 g/mol. The number of carbonyl (C=O) groups is 2. The molecule has 4 rings (SSSR count). The molecule has 1 N–H and O–H groups in total. The van der Waals surface area contributed by atoms with Crippen LogP contribution in [0.2, 0.25) is 0 Å². The van der Waals surface area contributed by atoms with Gasteiger partial charge in [0.05, 0.1) is 27.5 Å². The molecule has 0 fully saturated rings. The second-order valence-electron chi connectivity index (χ2n) is 6.80. The molecule has 0 atom stereocenters. The molecule has 3 aromatic carbocycles. The highest BCUT2D eigenvalue weighted by molar-refractivity contribution is 7.92. The van der Waals surface area contributed by atoms with E-state index in [-0.39, 0.29) is 22.8 Å². The Bertz CT molecular complexity index is 1270. The van der Waals surface area contributed by atoms with Crippen LogP contribution in [0.15, 0.2) is 77.7 Å². The number of benzene rings is 3. The zero-order valence-electron chi connectivity index (χ0n) is 15.9. The van der Waals surface area contributed by atoms with Gasteiger partial charge in [-0.2, -0.15) is 0 Å². The molecule has 0 aliphatic carbocycles. The number of nitrogens with one attached hydrogen (secondary N) is 1. The first-order valence-corrected chi connectivity index (χ1v) is 10.6. The second-order valence-corrected chi connectivity index (χ2v) is 8.48. The van der Waals surface area contributed by atoms with Crippen LogP contribution in [0, 0.1) is 10.1 Å². The van der Waals surface area contributed by atoms with Gasteiger partial charge in [-0.1, -0.05) is 24.3 Å². The lowest BCUT2D eigenvalue weighted by Crippen LogP contribution is -2.29. The molecular formula is C21H15N3O6S. The van der Waals surface area contributed by atoms with E-state index in [2.05, 4.69) is 4.72 Å². The summed E-state index contributed by atoms with van der Waals surface area (Å²) in [5, 5.41) is 10.7. The number of nitro benzene ring substituents is 1. The number of fused-ring (bicyclic) bond motifs is 1. The predicted octanol–water partition coefficient (Wildman–Crippen LogP) is 3.19. The summed E-state index contributed by atoms with van der Waals surface area (Å²) in [6.45, 7) is 0.0163. The lowest BCUT2D eigenvalue weighted by Gasteiger charge is -2.14. The molecule has 0 spiro atoms. The number of non-ortho nitro benzene ring substituents is 1. The van der Waals surface area contributed by atoms with E-state index in [0.717, 1.165) is 4.90 Å². The molecule has 0 aromatic heterocycles. The van der Waals surface area contributed by atoms with E-state index in [4.69, 9.17) is 0 Å². The summed E-state index contributed by atoms with van der Waals surface area (Å²) in [6.07, 6.45) is 0. The van der Waals surface area contributed by atoms with Gasteiger partial charge in [0.2, 0.25) is 0 Å². The Morgan fingerprint density at radius 2 is 1.39 bits per heavy atom. The number of hydrogen-bond acceptors (Lipinski definition) is 6. The first-order valence-electron chi connectivity index (χ1n) is 9.08. The van der Waals surface area contributed by atoms with Gasteiger partial charge in [0.1, 0.15) is 0 Å². The number of rotatable bonds is 6. The van der Waals surface area contributed by atoms with Crippen LogP contribution in [0.5, 0.6) is 0 Å². The normalized spacial score (nSPS) is 13.2. The minimum absolute atomic E-state index is 0.0163. The highest BCUT2D eigenvalue weighted by Crippen LogP contribution is 2.25. The van der Waals surface area contributed by atoms with Gasteiger partial charge in [0, 0.05) is 17.8 Å². The summed E-state index contributed by atoms with van der Waals surface area (Å²) >= 11 is 0. The van der Waals surface area contributed by atoms with Crippen molar-refractivity contribution in [3.8, 4) is 0 Å². The third-order valence-corrected chi connectivity index (χ3v) is 6.18. The Labute approximate surface area is 177 Å². The molecule has 1 aliphatic heterocycles. The standard InChI is InChI=1S/C21H15N3O6S/c25-20-18-3-1-2-4-19(18)21(26)23(20)13-14-5-11-17(12-6-14)31(29,30)22-15-7-9-16(10-8-15)24(27)28/h1-12,22H,13H2. The largest absolute Gasteiger partial charge is 0.280 e. The number of carbonyl (C=O) groups excluding carboxylic acids is 2. The van der Waals surface area contributed by atoms with Crippen molar-refractivity contribution in [1.29, 1.82) is 0 Å². The monoisotopic (exact) mass is 437 g/mol. The predicted molar refractivity (Wildman–Crippen MR) is 111 cm³/mol. The third kappa shape index (κ3) is 3.88. The Hall–Kier alpha value is -4.05. The van der Waals surface area contributed by atoms with E-state index in [0.29, 0.717) is 16.7 Å². The van der Waals surface area contributed by atoms with Crippen LogP contribution in [0.25, 0.3) is 0 Å².